The third kappa shape index (κ3) is 4.94. The van der Waals surface area contributed by atoms with Gasteiger partial charge in [0.1, 0.15) is 23.5 Å². The van der Waals surface area contributed by atoms with Crippen LogP contribution in [0.2, 0.25) is 0 Å². The van der Waals surface area contributed by atoms with Crippen molar-refractivity contribution in [2.75, 3.05) is 0 Å². The summed E-state index contributed by atoms with van der Waals surface area (Å²) in [4.78, 5) is 4.97. The summed E-state index contributed by atoms with van der Waals surface area (Å²) in [5.41, 5.74) is 9.44. The van der Waals surface area contributed by atoms with Crippen molar-refractivity contribution in [2.45, 2.75) is 6.61 Å². The van der Waals surface area contributed by atoms with E-state index in [0.29, 0.717) is 6.61 Å². The lowest BCUT2D eigenvalue weighted by molar-refractivity contribution is 0.280. The van der Waals surface area contributed by atoms with Gasteiger partial charge in [-0.15, -0.1) is 0 Å². The number of hydrogen-bond donors (Lipinski definition) is 0. The van der Waals surface area contributed by atoms with Gasteiger partial charge in [-0.3, -0.25) is 4.57 Å². The van der Waals surface area contributed by atoms with E-state index >= 15 is 0 Å². The number of furan rings is 1. The fraction of sp³-hybridized carbons (Fsp3) is 0.0200. The van der Waals surface area contributed by atoms with Crippen LogP contribution in [0.25, 0.3) is 60.9 Å². The number of hydrogen-bond acceptors (Lipinski definition) is 3. The lowest BCUT2D eigenvalue weighted by Crippen LogP contribution is -2.74. The molecule has 1 aliphatic rings. The van der Waals surface area contributed by atoms with Crippen molar-refractivity contribution in [2.24, 2.45) is 0 Å². The number of para-hydroxylation sites is 4. The molecule has 0 radical (unpaired) electrons. The molecule has 0 spiro atoms. The maximum Gasteiger partial charge on any atom is 0.179 e. The molecule has 11 rings (SSSR count). The molecule has 8 aromatic carbocycles. The van der Waals surface area contributed by atoms with Crippen LogP contribution in [0.4, 0.5) is 0 Å². The summed E-state index contributed by atoms with van der Waals surface area (Å²) in [7, 11) is -2.90. The van der Waals surface area contributed by atoms with Crippen LogP contribution in [0, 0.1) is 0 Å². The molecule has 0 N–H and O–H groups in total. The molecule has 0 saturated heterocycles. The van der Waals surface area contributed by atoms with Crippen LogP contribution in [-0.4, -0.2) is 17.6 Å². The van der Waals surface area contributed by atoms with Crippen LogP contribution in [0.5, 0.6) is 5.75 Å². The Morgan fingerprint density at radius 3 is 1.91 bits per heavy atom. The molecular weight excluding hydrogens is 689 g/mol. The molecule has 260 valence electrons. The molecule has 10 aromatic rings. The summed E-state index contributed by atoms with van der Waals surface area (Å²) < 4.78 is 14.9. The molecule has 2 aromatic heterocycles. The van der Waals surface area contributed by atoms with E-state index in [4.69, 9.17) is 14.1 Å². The van der Waals surface area contributed by atoms with Crippen molar-refractivity contribution in [1.82, 2.24) is 9.55 Å². The molecule has 0 unspecified atom stereocenters. The maximum absolute atomic E-state index is 6.56. The monoisotopic (exact) mass is 722 g/mol. The zero-order chi connectivity index (χ0) is 36.3. The summed E-state index contributed by atoms with van der Waals surface area (Å²) >= 11 is 0. The lowest BCUT2D eigenvalue weighted by Gasteiger charge is -2.35. The molecule has 5 heteroatoms. The molecule has 0 amide bonds. The van der Waals surface area contributed by atoms with Crippen LogP contribution in [0.15, 0.2) is 199 Å². The standard InChI is InChI=1S/C50H34N2O2Si/c1-3-16-37(17-4-1)55(38-18-5-2-6-19-38,40-21-12-15-36(31-40)41-23-13-24-43-42-22-7-9-26-47(42)54-50(41)43)39-20-11-14-34(30-39)35-28-29-44-46(32-35)52-45-25-8-10-27-48(45)53-33-49(52)51-44/h1-32H,33H2. The average molecular weight is 723 g/mol. The molecule has 3 heterocycles. The van der Waals surface area contributed by atoms with Gasteiger partial charge in [-0.1, -0.05) is 164 Å². The first kappa shape index (κ1) is 31.6. The van der Waals surface area contributed by atoms with Crippen molar-refractivity contribution in [3.05, 3.63) is 200 Å². The topological polar surface area (TPSA) is 40.2 Å². The van der Waals surface area contributed by atoms with Crippen molar-refractivity contribution in [1.29, 1.82) is 0 Å². The van der Waals surface area contributed by atoms with E-state index in [2.05, 4.69) is 180 Å². The molecule has 0 aliphatic carbocycles. The van der Waals surface area contributed by atoms with Gasteiger partial charge in [-0.2, -0.15) is 0 Å². The predicted octanol–water partition coefficient (Wildman–Crippen LogP) is 9.53. The summed E-state index contributed by atoms with van der Waals surface area (Å²) in [5, 5.41) is 7.55. The fourth-order valence-corrected chi connectivity index (χ4v) is 13.6. The summed E-state index contributed by atoms with van der Waals surface area (Å²) in [6, 6.07) is 70.4. The second kappa shape index (κ2) is 12.6. The second-order valence-electron chi connectivity index (χ2n) is 14.2. The Labute approximate surface area is 319 Å². The zero-order valence-corrected chi connectivity index (χ0v) is 30.9. The highest BCUT2D eigenvalue weighted by atomic mass is 28.3. The van der Waals surface area contributed by atoms with E-state index in [1.807, 2.05) is 18.2 Å². The minimum Gasteiger partial charge on any atom is -0.483 e. The third-order valence-corrected chi connectivity index (χ3v) is 16.0. The van der Waals surface area contributed by atoms with Gasteiger partial charge in [0.25, 0.3) is 0 Å². The Bertz CT molecular complexity index is 3020. The highest BCUT2D eigenvalue weighted by Crippen LogP contribution is 2.37. The van der Waals surface area contributed by atoms with Crippen molar-refractivity contribution >= 4 is 61.8 Å². The van der Waals surface area contributed by atoms with E-state index in [1.165, 1.54) is 26.3 Å². The molecule has 0 bridgehead atoms. The van der Waals surface area contributed by atoms with Crippen LogP contribution in [-0.2, 0) is 6.61 Å². The van der Waals surface area contributed by atoms with E-state index in [0.717, 1.165) is 66.9 Å². The van der Waals surface area contributed by atoms with E-state index in [-0.39, 0.29) is 0 Å². The minimum absolute atomic E-state index is 0.447. The number of imidazole rings is 1. The van der Waals surface area contributed by atoms with Gasteiger partial charge in [-0.05, 0) is 67.8 Å². The number of aromatic nitrogens is 2. The van der Waals surface area contributed by atoms with E-state index < -0.39 is 8.07 Å². The average Bonchev–Trinajstić information content (AvgIpc) is 3.84. The third-order valence-electron chi connectivity index (χ3n) is 11.2. The summed E-state index contributed by atoms with van der Waals surface area (Å²) in [6.45, 7) is 0.447. The van der Waals surface area contributed by atoms with E-state index in [9.17, 15) is 0 Å². The maximum atomic E-state index is 6.56. The first-order chi connectivity index (χ1) is 27.3. The largest absolute Gasteiger partial charge is 0.483 e. The Morgan fingerprint density at radius 2 is 1.11 bits per heavy atom. The van der Waals surface area contributed by atoms with Gasteiger partial charge in [0.15, 0.2) is 13.9 Å². The quantitative estimate of drug-likeness (QED) is 0.127. The Balaban J connectivity index is 1.13. The van der Waals surface area contributed by atoms with Gasteiger partial charge >= 0.3 is 0 Å². The number of ether oxygens (including phenoxy) is 1. The molecule has 0 saturated carbocycles. The van der Waals surface area contributed by atoms with Gasteiger partial charge < -0.3 is 9.15 Å². The number of benzene rings is 8. The predicted molar refractivity (Wildman–Crippen MR) is 227 cm³/mol. The Morgan fingerprint density at radius 1 is 0.491 bits per heavy atom. The highest BCUT2D eigenvalue weighted by Gasteiger charge is 2.41. The SMILES string of the molecule is c1ccc([Si](c2ccccc2)(c2cccc(-c3ccc4nc5n(c4c3)-c3ccccc3OC5)c2)c2cccc(-c3cccc4c3oc3ccccc34)c2)cc1. The molecular formula is C50H34N2O2Si. The summed E-state index contributed by atoms with van der Waals surface area (Å²) in [5.74, 6) is 1.79. The first-order valence-electron chi connectivity index (χ1n) is 18.7. The van der Waals surface area contributed by atoms with Crippen LogP contribution < -0.4 is 25.5 Å². The smallest absolute Gasteiger partial charge is 0.179 e. The van der Waals surface area contributed by atoms with E-state index in [1.54, 1.807) is 0 Å². The number of nitrogens with zero attached hydrogens (tertiary/aromatic N) is 2. The zero-order valence-electron chi connectivity index (χ0n) is 29.9. The first-order valence-corrected chi connectivity index (χ1v) is 20.7. The lowest BCUT2D eigenvalue weighted by atomic mass is 10.0. The highest BCUT2D eigenvalue weighted by molar-refractivity contribution is 7.20. The van der Waals surface area contributed by atoms with Crippen LogP contribution in [0.1, 0.15) is 5.82 Å². The van der Waals surface area contributed by atoms with Crippen molar-refractivity contribution in [3.63, 3.8) is 0 Å². The normalized spacial score (nSPS) is 12.4. The van der Waals surface area contributed by atoms with Crippen molar-refractivity contribution < 1.29 is 9.15 Å². The van der Waals surface area contributed by atoms with Crippen LogP contribution in [0.3, 0.4) is 0 Å². The second-order valence-corrected chi connectivity index (χ2v) is 18.1. The fourth-order valence-electron chi connectivity index (χ4n) is 8.78. The van der Waals surface area contributed by atoms with Crippen molar-refractivity contribution in [3.8, 4) is 33.7 Å². The van der Waals surface area contributed by atoms with Gasteiger partial charge in [-0.25, -0.2) is 4.98 Å². The molecule has 55 heavy (non-hydrogen) atoms. The molecule has 0 atom stereocenters. The Hall–Kier alpha value is -6.95. The number of rotatable bonds is 6. The molecule has 1 aliphatic heterocycles. The van der Waals surface area contributed by atoms with Crippen LogP contribution >= 0.6 is 0 Å². The number of fused-ring (bicyclic) bond motifs is 8. The summed E-state index contributed by atoms with van der Waals surface area (Å²) in [6.07, 6.45) is 0. The minimum atomic E-state index is -2.90. The molecule has 0 fully saturated rings. The van der Waals surface area contributed by atoms with Gasteiger partial charge in [0, 0.05) is 16.3 Å². The Kier molecular flexibility index (Phi) is 7.22. The van der Waals surface area contributed by atoms with Gasteiger partial charge in [0.05, 0.1) is 16.7 Å². The molecule has 4 nitrogen and oxygen atoms in total. The van der Waals surface area contributed by atoms with Gasteiger partial charge in [0.2, 0.25) is 0 Å².